The van der Waals surface area contributed by atoms with Crippen LogP contribution in [0.1, 0.15) is 23.5 Å². The summed E-state index contributed by atoms with van der Waals surface area (Å²) in [5.74, 6) is 0.429. The van der Waals surface area contributed by atoms with Gasteiger partial charge in [-0.15, -0.1) is 0 Å². The SMILES string of the molecule is CNCC1CC1c1ccccc1C(F)(F)F. The average Bonchev–Trinajstić information content (AvgIpc) is 2.97. The van der Waals surface area contributed by atoms with Crippen molar-refractivity contribution in [2.75, 3.05) is 13.6 Å². The molecule has 0 heterocycles. The lowest BCUT2D eigenvalue weighted by atomic mass is 10.0. The second-order valence-electron chi connectivity index (χ2n) is 4.24. The van der Waals surface area contributed by atoms with Gasteiger partial charge in [0.2, 0.25) is 0 Å². The van der Waals surface area contributed by atoms with Crippen molar-refractivity contribution in [3.8, 4) is 0 Å². The third-order valence-corrected chi connectivity index (χ3v) is 3.05. The Balaban J connectivity index is 2.22. The van der Waals surface area contributed by atoms with Gasteiger partial charge in [-0.3, -0.25) is 0 Å². The van der Waals surface area contributed by atoms with E-state index in [2.05, 4.69) is 5.32 Å². The molecule has 88 valence electrons. The molecular weight excluding hydrogens is 215 g/mol. The first-order valence-electron chi connectivity index (χ1n) is 5.34. The number of halogens is 3. The predicted molar refractivity (Wildman–Crippen MR) is 56.2 cm³/mol. The van der Waals surface area contributed by atoms with Crippen LogP contribution in [0.4, 0.5) is 13.2 Å². The molecule has 1 saturated carbocycles. The highest BCUT2D eigenvalue weighted by atomic mass is 19.4. The maximum absolute atomic E-state index is 12.7. The van der Waals surface area contributed by atoms with E-state index in [4.69, 9.17) is 0 Å². The first-order valence-corrected chi connectivity index (χ1v) is 5.34. The molecule has 0 bridgehead atoms. The Bertz CT molecular complexity index is 373. The van der Waals surface area contributed by atoms with E-state index in [1.165, 1.54) is 12.1 Å². The average molecular weight is 229 g/mol. The van der Waals surface area contributed by atoms with E-state index < -0.39 is 11.7 Å². The molecule has 0 amide bonds. The van der Waals surface area contributed by atoms with Gasteiger partial charge in [-0.05, 0) is 43.5 Å². The summed E-state index contributed by atoms with van der Waals surface area (Å²) < 4.78 is 38.2. The van der Waals surface area contributed by atoms with Gasteiger partial charge in [-0.1, -0.05) is 18.2 Å². The predicted octanol–water partition coefficient (Wildman–Crippen LogP) is 3.03. The van der Waals surface area contributed by atoms with Crippen molar-refractivity contribution in [3.05, 3.63) is 35.4 Å². The summed E-state index contributed by atoms with van der Waals surface area (Å²) >= 11 is 0. The van der Waals surface area contributed by atoms with Crippen molar-refractivity contribution >= 4 is 0 Å². The van der Waals surface area contributed by atoms with E-state index in [1.54, 1.807) is 12.1 Å². The summed E-state index contributed by atoms with van der Waals surface area (Å²) in [6.45, 7) is 0.789. The van der Waals surface area contributed by atoms with Crippen LogP contribution in [0, 0.1) is 5.92 Å². The molecule has 1 nitrogen and oxygen atoms in total. The molecule has 4 heteroatoms. The van der Waals surface area contributed by atoms with E-state index in [-0.39, 0.29) is 5.92 Å². The summed E-state index contributed by atoms with van der Waals surface area (Å²) in [5.41, 5.74) is -0.0196. The number of rotatable bonds is 3. The van der Waals surface area contributed by atoms with Crippen molar-refractivity contribution < 1.29 is 13.2 Å². The Morgan fingerprint density at radius 1 is 1.31 bits per heavy atom. The topological polar surface area (TPSA) is 12.0 Å². The van der Waals surface area contributed by atoms with Crippen molar-refractivity contribution in [1.82, 2.24) is 5.32 Å². The van der Waals surface area contributed by atoms with E-state index in [0.29, 0.717) is 11.5 Å². The highest BCUT2D eigenvalue weighted by Crippen LogP contribution is 2.50. The van der Waals surface area contributed by atoms with Crippen LogP contribution in [-0.4, -0.2) is 13.6 Å². The molecule has 0 aromatic heterocycles. The third-order valence-electron chi connectivity index (χ3n) is 3.05. The van der Waals surface area contributed by atoms with Crippen molar-refractivity contribution in [2.24, 2.45) is 5.92 Å². The fourth-order valence-electron chi connectivity index (χ4n) is 2.19. The zero-order valence-electron chi connectivity index (χ0n) is 9.01. The van der Waals surface area contributed by atoms with Gasteiger partial charge in [0.25, 0.3) is 0 Å². The van der Waals surface area contributed by atoms with Crippen LogP contribution in [0.15, 0.2) is 24.3 Å². The molecule has 0 aliphatic heterocycles. The summed E-state index contributed by atoms with van der Waals surface area (Å²) in [7, 11) is 1.82. The van der Waals surface area contributed by atoms with E-state index in [1.807, 2.05) is 7.05 Å². The van der Waals surface area contributed by atoms with Gasteiger partial charge >= 0.3 is 6.18 Å². The quantitative estimate of drug-likeness (QED) is 0.840. The smallest absolute Gasteiger partial charge is 0.319 e. The fraction of sp³-hybridized carbons (Fsp3) is 0.500. The molecule has 1 fully saturated rings. The zero-order chi connectivity index (χ0) is 11.8. The molecule has 0 spiro atoms. The van der Waals surface area contributed by atoms with Crippen molar-refractivity contribution in [1.29, 1.82) is 0 Å². The highest BCUT2D eigenvalue weighted by molar-refractivity contribution is 5.36. The summed E-state index contributed by atoms with van der Waals surface area (Å²) in [4.78, 5) is 0. The standard InChI is InChI=1S/C12H14F3N/c1-16-7-8-6-10(8)9-4-2-3-5-11(9)12(13,14)15/h2-5,8,10,16H,6-7H2,1H3. The van der Waals surface area contributed by atoms with Gasteiger partial charge in [0.05, 0.1) is 5.56 Å². The Hall–Kier alpha value is -1.03. The molecule has 0 radical (unpaired) electrons. The van der Waals surface area contributed by atoms with Gasteiger partial charge in [0, 0.05) is 0 Å². The molecule has 2 unspecified atom stereocenters. The fourth-order valence-corrected chi connectivity index (χ4v) is 2.19. The third kappa shape index (κ3) is 2.21. The monoisotopic (exact) mass is 229 g/mol. The van der Waals surface area contributed by atoms with Crippen molar-refractivity contribution in [3.63, 3.8) is 0 Å². The van der Waals surface area contributed by atoms with E-state index >= 15 is 0 Å². The second kappa shape index (κ2) is 4.09. The molecule has 2 atom stereocenters. The Labute approximate surface area is 92.7 Å². The Morgan fingerprint density at radius 3 is 2.62 bits per heavy atom. The Kier molecular flexibility index (Phi) is 2.93. The molecule has 2 rings (SSSR count). The number of alkyl halides is 3. The van der Waals surface area contributed by atoms with Crippen LogP contribution >= 0.6 is 0 Å². The highest BCUT2D eigenvalue weighted by Gasteiger charge is 2.43. The number of benzene rings is 1. The Morgan fingerprint density at radius 2 is 2.00 bits per heavy atom. The van der Waals surface area contributed by atoms with Gasteiger partial charge in [-0.2, -0.15) is 13.2 Å². The number of hydrogen-bond donors (Lipinski definition) is 1. The molecule has 1 aliphatic carbocycles. The van der Waals surface area contributed by atoms with Crippen LogP contribution < -0.4 is 5.32 Å². The molecule has 1 N–H and O–H groups in total. The minimum Gasteiger partial charge on any atom is -0.319 e. The molecule has 16 heavy (non-hydrogen) atoms. The molecular formula is C12H14F3N. The van der Waals surface area contributed by atoms with Gasteiger partial charge in [0.1, 0.15) is 0 Å². The molecule has 1 aromatic rings. The van der Waals surface area contributed by atoms with Crippen LogP contribution in [0.25, 0.3) is 0 Å². The van der Waals surface area contributed by atoms with E-state index in [0.717, 1.165) is 13.0 Å². The maximum Gasteiger partial charge on any atom is 0.416 e. The van der Waals surface area contributed by atoms with Crippen LogP contribution in [0.2, 0.25) is 0 Å². The van der Waals surface area contributed by atoms with Gasteiger partial charge < -0.3 is 5.32 Å². The first kappa shape index (κ1) is 11.5. The first-order chi connectivity index (χ1) is 7.54. The minimum atomic E-state index is -4.23. The number of hydrogen-bond acceptors (Lipinski definition) is 1. The summed E-state index contributed by atoms with van der Waals surface area (Å²) in [6, 6.07) is 5.90. The normalized spacial score (nSPS) is 24.5. The number of nitrogens with one attached hydrogen (secondary N) is 1. The minimum absolute atomic E-state index is 0.0743. The van der Waals surface area contributed by atoms with Crippen molar-refractivity contribution in [2.45, 2.75) is 18.5 Å². The van der Waals surface area contributed by atoms with Crippen LogP contribution in [0.5, 0.6) is 0 Å². The second-order valence-corrected chi connectivity index (χ2v) is 4.24. The van der Waals surface area contributed by atoms with Gasteiger partial charge in [0.15, 0.2) is 0 Å². The zero-order valence-corrected chi connectivity index (χ0v) is 9.01. The van der Waals surface area contributed by atoms with E-state index in [9.17, 15) is 13.2 Å². The lowest BCUT2D eigenvalue weighted by Gasteiger charge is -2.12. The molecule has 0 saturated heterocycles. The lowest BCUT2D eigenvalue weighted by molar-refractivity contribution is -0.138. The molecule has 1 aromatic carbocycles. The maximum atomic E-state index is 12.7. The largest absolute Gasteiger partial charge is 0.416 e. The molecule has 1 aliphatic rings. The lowest BCUT2D eigenvalue weighted by Crippen LogP contribution is -2.12. The van der Waals surface area contributed by atoms with Crippen LogP contribution in [0.3, 0.4) is 0 Å². The van der Waals surface area contributed by atoms with Gasteiger partial charge in [-0.25, -0.2) is 0 Å². The summed E-state index contributed by atoms with van der Waals surface area (Å²) in [5, 5.41) is 3.01. The van der Waals surface area contributed by atoms with Crippen LogP contribution in [-0.2, 0) is 6.18 Å². The summed E-state index contributed by atoms with van der Waals surface area (Å²) in [6.07, 6.45) is -3.38.